The number of aromatic nitrogens is 5. The highest BCUT2D eigenvalue weighted by Gasteiger charge is 2.35. The van der Waals surface area contributed by atoms with Gasteiger partial charge in [-0.25, -0.2) is 4.68 Å². The second kappa shape index (κ2) is 11.8. The monoisotopic (exact) mass is 569 g/mol. The molecule has 10 heteroatoms. The molecule has 2 aromatic heterocycles. The summed E-state index contributed by atoms with van der Waals surface area (Å²) in [6.45, 7) is 14.6. The standard InChI is InChI=1S/C29H36ClN7O.ClH/c1-6-29(4,5)37-27(32-33-34-37)26(23-17-22-16-19(2)15-20(3)25(22)31-28(23)38)36-13-11-35(12-14-36)18-21-9-7-8-10-24(21)30;/h7-10,15-17,26H,6,11-14,18H2,1-5H3,(H,31,38);1H. The van der Waals surface area contributed by atoms with Gasteiger partial charge in [-0.2, -0.15) is 0 Å². The molecule has 0 spiro atoms. The predicted molar refractivity (Wildman–Crippen MR) is 159 cm³/mol. The fourth-order valence-corrected chi connectivity index (χ4v) is 5.59. The molecule has 1 unspecified atom stereocenters. The average Bonchev–Trinajstić information content (AvgIpc) is 3.38. The molecule has 0 saturated carbocycles. The Morgan fingerprint density at radius 3 is 2.49 bits per heavy atom. The summed E-state index contributed by atoms with van der Waals surface area (Å²) in [4.78, 5) is 21.6. The Morgan fingerprint density at radius 1 is 1.08 bits per heavy atom. The minimum Gasteiger partial charge on any atom is -0.321 e. The molecule has 1 atom stereocenters. The number of aryl methyl sites for hydroxylation is 2. The number of nitrogens with zero attached hydrogens (tertiary/aromatic N) is 6. The number of hydrogen-bond acceptors (Lipinski definition) is 6. The number of hydrogen-bond donors (Lipinski definition) is 1. The maximum Gasteiger partial charge on any atom is 0.253 e. The van der Waals surface area contributed by atoms with Gasteiger partial charge >= 0.3 is 0 Å². The summed E-state index contributed by atoms with van der Waals surface area (Å²) in [7, 11) is 0. The second-order valence-electron chi connectivity index (χ2n) is 11.0. The number of piperazine rings is 1. The Hall–Kier alpha value is -2.78. The van der Waals surface area contributed by atoms with E-state index < -0.39 is 0 Å². The van der Waals surface area contributed by atoms with Crippen LogP contribution in [0.5, 0.6) is 0 Å². The SMILES string of the molecule is CCC(C)(C)n1nnnc1C(c1cc2cc(C)cc(C)c2[nH]c1=O)N1CCN(Cc2ccccc2Cl)CC1.Cl. The van der Waals surface area contributed by atoms with E-state index in [9.17, 15) is 4.79 Å². The van der Waals surface area contributed by atoms with Gasteiger partial charge in [-0.15, -0.1) is 17.5 Å². The van der Waals surface area contributed by atoms with Crippen molar-refractivity contribution in [3.63, 3.8) is 0 Å². The molecule has 1 fully saturated rings. The molecule has 1 aliphatic rings. The molecular formula is C29H37Cl2N7O. The van der Waals surface area contributed by atoms with Gasteiger partial charge in [-0.1, -0.05) is 48.4 Å². The van der Waals surface area contributed by atoms with Gasteiger partial charge in [0.05, 0.1) is 11.1 Å². The molecule has 208 valence electrons. The first-order chi connectivity index (χ1) is 18.2. The molecule has 8 nitrogen and oxygen atoms in total. The van der Waals surface area contributed by atoms with Crippen molar-refractivity contribution in [1.82, 2.24) is 35.0 Å². The lowest BCUT2D eigenvalue weighted by Gasteiger charge is -2.39. The second-order valence-corrected chi connectivity index (χ2v) is 11.4. The van der Waals surface area contributed by atoms with Gasteiger partial charge in [-0.05, 0) is 79.3 Å². The van der Waals surface area contributed by atoms with Crippen molar-refractivity contribution in [2.45, 2.75) is 59.2 Å². The van der Waals surface area contributed by atoms with Crippen LogP contribution in [0.2, 0.25) is 5.02 Å². The van der Waals surface area contributed by atoms with Gasteiger partial charge in [-0.3, -0.25) is 14.6 Å². The van der Waals surface area contributed by atoms with E-state index in [0.717, 1.165) is 71.8 Å². The molecule has 0 radical (unpaired) electrons. The van der Waals surface area contributed by atoms with Crippen LogP contribution in [0.3, 0.4) is 0 Å². The van der Waals surface area contributed by atoms with E-state index in [1.54, 1.807) is 0 Å². The molecule has 0 aliphatic carbocycles. The smallest absolute Gasteiger partial charge is 0.253 e. The number of nitrogens with one attached hydrogen (secondary N) is 1. The number of rotatable bonds is 7. The van der Waals surface area contributed by atoms with Crippen LogP contribution in [0.15, 0.2) is 47.3 Å². The Balaban J connectivity index is 0.00000353. The van der Waals surface area contributed by atoms with Crippen molar-refractivity contribution in [2.24, 2.45) is 0 Å². The number of pyridine rings is 1. The van der Waals surface area contributed by atoms with E-state index in [2.05, 4.69) is 76.2 Å². The summed E-state index contributed by atoms with van der Waals surface area (Å²) in [5.74, 6) is 0.700. The molecule has 4 aromatic rings. The number of benzene rings is 2. The number of tetrazole rings is 1. The van der Waals surface area contributed by atoms with Crippen LogP contribution in [0.25, 0.3) is 10.9 Å². The predicted octanol–water partition coefficient (Wildman–Crippen LogP) is 5.26. The van der Waals surface area contributed by atoms with Crippen LogP contribution >= 0.6 is 24.0 Å². The van der Waals surface area contributed by atoms with Gasteiger partial charge < -0.3 is 4.98 Å². The van der Waals surface area contributed by atoms with Crippen molar-refractivity contribution in [2.75, 3.05) is 26.2 Å². The zero-order valence-electron chi connectivity index (χ0n) is 23.2. The summed E-state index contributed by atoms with van der Waals surface area (Å²) < 4.78 is 1.90. The number of H-pyrrole nitrogens is 1. The maximum absolute atomic E-state index is 13.6. The first-order valence-corrected chi connectivity index (χ1v) is 13.7. The summed E-state index contributed by atoms with van der Waals surface area (Å²) >= 11 is 6.43. The Morgan fingerprint density at radius 2 is 1.79 bits per heavy atom. The fraction of sp³-hybridized carbons (Fsp3) is 0.448. The fourth-order valence-electron chi connectivity index (χ4n) is 5.40. The van der Waals surface area contributed by atoms with E-state index in [1.165, 1.54) is 0 Å². The highest BCUT2D eigenvalue weighted by molar-refractivity contribution is 6.31. The van der Waals surface area contributed by atoms with Crippen molar-refractivity contribution >= 4 is 34.9 Å². The average molecular weight is 571 g/mol. The zero-order valence-corrected chi connectivity index (χ0v) is 24.8. The summed E-state index contributed by atoms with van der Waals surface area (Å²) in [6.07, 6.45) is 0.857. The normalized spacial score (nSPS) is 15.8. The third kappa shape index (κ3) is 5.89. The molecule has 39 heavy (non-hydrogen) atoms. The van der Waals surface area contributed by atoms with Crippen LogP contribution in [-0.2, 0) is 12.1 Å². The van der Waals surface area contributed by atoms with E-state index in [-0.39, 0.29) is 29.5 Å². The highest BCUT2D eigenvalue weighted by atomic mass is 35.5. The lowest BCUT2D eigenvalue weighted by molar-refractivity contribution is 0.0969. The van der Waals surface area contributed by atoms with E-state index >= 15 is 0 Å². The van der Waals surface area contributed by atoms with Gasteiger partial charge in [0.15, 0.2) is 5.82 Å². The summed E-state index contributed by atoms with van der Waals surface area (Å²) in [6, 6.07) is 13.9. The molecule has 2 aromatic carbocycles. The van der Waals surface area contributed by atoms with Crippen LogP contribution in [0.1, 0.15) is 61.3 Å². The van der Waals surface area contributed by atoms with Gasteiger partial charge in [0.2, 0.25) is 0 Å². The first-order valence-electron chi connectivity index (χ1n) is 13.3. The quantitative estimate of drug-likeness (QED) is 0.327. The van der Waals surface area contributed by atoms with E-state index in [1.807, 2.05) is 35.9 Å². The number of fused-ring (bicyclic) bond motifs is 1. The van der Waals surface area contributed by atoms with E-state index in [4.69, 9.17) is 11.6 Å². The third-order valence-electron chi connectivity index (χ3n) is 7.92. The van der Waals surface area contributed by atoms with Crippen molar-refractivity contribution in [3.05, 3.63) is 85.9 Å². The number of halogens is 2. The minimum absolute atomic E-state index is 0. The molecule has 0 bridgehead atoms. The van der Waals surface area contributed by atoms with Crippen LogP contribution in [-0.4, -0.2) is 61.2 Å². The van der Waals surface area contributed by atoms with Crippen molar-refractivity contribution < 1.29 is 0 Å². The van der Waals surface area contributed by atoms with Gasteiger partial charge in [0.25, 0.3) is 5.56 Å². The molecular weight excluding hydrogens is 533 g/mol. The number of aromatic amines is 1. The Bertz CT molecular complexity index is 1510. The summed E-state index contributed by atoms with van der Waals surface area (Å²) in [5.41, 5.74) is 4.51. The molecule has 1 saturated heterocycles. The maximum atomic E-state index is 13.6. The zero-order chi connectivity index (χ0) is 27.0. The van der Waals surface area contributed by atoms with Crippen LogP contribution < -0.4 is 5.56 Å². The lowest BCUT2D eigenvalue weighted by atomic mass is 9.98. The molecule has 0 amide bonds. The molecule has 1 aliphatic heterocycles. The van der Waals surface area contributed by atoms with Crippen molar-refractivity contribution in [3.8, 4) is 0 Å². The van der Waals surface area contributed by atoms with Crippen LogP contribution in [0, 0.1) is 13.8 Å². The van der Waals surface area contributed by atoms with Crippen LogP contribution in [0.4, 0.5) is 0 Å². The van der Waals surface area contributed by atoms with E-state index in [0.29, 0.717) is 11.4 Å². The molecule has 5 rings (SSSR count). The van der Waals surface area contributed by atoms with Crippen molar-refractivity contribution in [1.29, 1.82) is 0 Å². The molecule has 1 N–H and O–H groups in total. The lowest BCUT2D eigenvalue weighted by Crippen LogP contribution is -2.49. The molecule has 3 heterocycles. The topological polar surface area (TPSA) is 82.9 Å². The Labute approximate surface area is 240 Å². The summed E-state index contributed by atoms with van der Waals surface area (Å²) in [5, 5.41) is 14.8. The first kappa shape index (κ1) is 29.2. The van der Waals surface area contributed by atoms with Gasteiger partial charge in [0.1, 0.15) is 6.04 Å². The minimum atomic E-state index is -0.368. The third-order valence-corrected chi connectivity index (χ3v) is 8.29. The van der Waals surface area contributed by atoms with Gasteiger partial charge in [0, 0.05) is 43.3 Å². The highest BCUT2D eigenvalue weighted by Crippen LogP contribution is 2.32. The Kier molecular flexibility index (Phi) is 8.81. The largest absolute Gasteiger partial charge is 0.321 e.